The highest BCUT2D eigenvalue weighted by Gasteiger charge is 2.18. The number of nitrogen functional groups attached to an aromatic ring is 1. The van der Waals surface area contributed by atoms with E-state index in [0.29, 0.717) is 16.9 Å². The van der Waals surface area contributed by atoms with Crippen LogP contribution in [-0.2, 0) is 0 Å². The van der Waals surface area contributed by atoms with Gasteiger partial charge in [0, 0.05) is 5.56 Å². The fraction of sp³-hybridized carbons (Fsp3) is 0. The Kier molecular flexibility index (Phi) is 3.66. The fourth-order valence-corrected chi connectivity index (χ4v) is 4.82. The predicted octanol–water partition coefficient (Wildman–Crippen LogP) is 5.05. The van der Waals surface area contributed by atoms with Crippen LogP contribution in [0.4, 0.5) is 10.2 Å². The van der Waals surface area contributed by atoms with Crippen molar-refractivity contribution in [2.75, 3.05) is 5.73 Å². The zero-order valence-corrected chi connectivity index (χ0v) is 13.9. The molecule has 0 aliphatic heterocycles. The zero-order chi connectivity index (χ0) is 14.3. The van der Waals surface area contributed by atoms with Gasteiger partial charge in [0.15, 0.2) is 5.82 Å². The number of nitrogens with one attached hydrogen (secondary N) is 1. The van der Waals surface area contributed by atoms with Crippen molar-refractivity contribution in [2.24, 2.45) is 0 Å². The molecule has 0 radical (unpaired) electrons. The number of aromatic amines is 1. The summed E-state index contributed by atoms with van der Waals surface area (Å²) in [7, 11) is 0. The minimum atomic E-state index is -0.306. The van der Waals surface area contributed by atoms with E-state index < -0.39 is 0 Å². The topological polar surface area (TPSA) is 54.7 Å². The van der Waals surface area contributed by atoms with Gasteiger partial charge >= 0.3 is 0 Å². The first-order chi connectivity index (χ1) is 9.56. The smallest absolute Gasteiger partial charge is 0.153 e. The predicted molar refractivity (Wildman–Crippen MR) is 87.1 cm³/mol. The Bertz CT molecular complexity index is 782. The first-order valence-corrected chi connectivity index (χ1v) is 8.01. The average molecular weight is 417 g/mol. The summed E-state index contributed by atoms with van der Waals surface area (Å²) < 4.78 is 15.4. The lowest BCUT2D eigenvalue weighted by molar-refractivity contribution is 0.628. The molecule has 0 amide bonds. The van der Waals surface area contributed by atoms with E-state index in [1.54, 1.807) is 17.4 Å². The summed E-state index contributed by atoms with van der Waals surface area (Å²) >= 11 is 8.50. The van der Waals surface area contributed by atoms with Gasteiger partial charge in [-0.3, -0.25) is 5.10 Å². The number of nitrogens with zero attached hydrogens (tertiary/aromatic N) is 1. The summed E-state index contributed by atoms with van der Waals surface area (Å²) in [6.07, 6.45) is 0. The highest BCUT2D eigenvalue weighted by molar-refractivity contribution is 9.12. The minimum Gasteiger partial charge on any atom is -0.382 e. The van der Waals surface area contributed by atoms with Crippen molar-refractivity contribution >= 4 is 49.0 Å². The molecule has 3 rings (SSSR count). The maximum atomic E-state index is 13.4. The number of halogens is 3. The number of hydrogen-bond donors (Lipinski definition) is 2. The van der Waals surface area contributed by atoms with Crippen molar-refractivity contribution in [3.63, 3.8) is 0 Å². The molecule has 20 heavy (non-hydrogen) atoms. The molecular weight excluding hydrogens is 409 g/mol. The van der Waals surface area contributed by atoms with E-state index >= 15 is 0 Å². The molecule has 3 aromatic rings. The van der Waals surface area contributed by atoms with Crippen LogP contribution in [0.3, 0.4) is 0 Å². The van der Waals surface area contributed by atoms with Crippen LogP contribution in [0, 0.1) is 5.82 Å². The second kappa shape index (κ2) is 5.31. The van der Waals surface area contributed by atoms with Crippen LogP contribution < -0.4 is 5.73 Å². The third-order valence-corrected chi connectivity index (χ3v) is 5.17. The Balaban J connectivity index is 2.22. The normalized spacial score (nSPS) is 10.9. The standard InChI is InChI=1S/C13H8Br2FN3S/c14-9-5-8(12(15)20-9)11-10(13(17)19-18-11)6-2-1-3-7(16)4-6/h1-5H,(H3,17,18,19). The maximum absolute atomic E-state index is 13.4. The molecule has 102 valence electrons. The van der Waals surface area contributed by atoms with Crippen molar-refractivity contribution in [2.45, 2.75) is 0 Å². The molecule has 0 saturated heterocycles. The van der Waals surface area contributed by atoms with Crippen molar-refractivity contribution in [3.8, 4) is 22.4 Å². The molecule has 0 atom stereocenters. The van der Waals surface area contributed by atoms with Gasteiger partial charge in [0.05, 0.1) is 18.8 Å². The molecule has 0 unspecified atom stereocenters. The second-order valence-corrected chi connectivity index (χ2v) is 7.86. The lowest BCUT2D eigenvalue weighted by Crippen LogP contribution is -1.89. The number of H-pyrrole nitrogens is 1. The van der Waals surface area contributed by atoms with Gasteiger partial charge in [-0.15, -0.1) is 11.3 Å². The minimum absolute atomic E-state index is 0.306. The average Bonchev–Trinajstić information content (AvgIpc) is 2.92. The summed E-state index contributed by atoms with van der Waals surface area (Å²) in [5.41, 5.74) is 9.03. The molecule has 0 fully saturated rings. The molecule has 0 aliphatic rings. The van der Waals surface area contributed by atoms with Crippen LogP contribution in [0.15, 0.2) is 37.9 Å². The molecular formula is C13H8Br2FN3S. The quantitative estimate of drug-likeness (QED) is 0.613. The number of hydrogen-bond acceptors (Lipinski definition) is 3. The third kappa shape index (κ3) is 2.41. The number of thiophene rings is 1. The molecule has 3 nitrogen and oxygen atoms in total. The van der Waals surface area contributed by atoms with Crippen molar-refractivity contribution < 1.29 is 4.39 Å². The van der Waals surface area contributed by atoms with E-state index in [-0.39, 0.29) is 5.82 Å². The Morgan fingerprint density at radius 3 is 2.70 bits per heavy atom. The van der Waals surface area contributed by atoms with Crippen LogP contribution in [0.25, 0.3) is 22.4 Å². The summed E-state index contributed by atoms with van der Waals surface area (Å²) in [4.78, 5) is 0. The molecule has 0 spiro atoms. The Labute approximate surface area is 135 Å². The number of aromatic nitrogens is 2. The number of anilines is 1. The molecule has 7 heteroatoms. The fourth-order valence-electron chi connectivity index (χ4n) is 2.00. The van der Waals surface area contributed by atoms with Gasteiger partial charge < -0.3 is 5.73 Å². The summed E-state index contributed by atoms with van der Waals surface area (Å²) in [6, 6.07) is 8.27. The molecule has 0 bridgehead atoms. The summed E-state index contributed by atoms with van der Waals surface area (Å²) in [5.74, 6) is 0.0411. The number of rotatable bonds is 2. The van der Waals surface area contributed by atoms with Gasteiger partial charge in [0.2, 0.25) is 0 Å². The van der Waals surface area contributed by atoms with Crippen LogP contribution in [0.1, 0.15) is 0 Å². The highest BCUT2D eigenvalue weighted by atomic mass is 79.9. The molecule has 3 N–H and O–H groups in total. The largest absolute Gasteiger partial charge is 0.382 e. The Morgan fingerprint density at radius 2 is 2.05 bits per heavy atom. The van der Waals surface area contributed by atoms with Gasteiger partial charge in [-0.05, 0) is 55.6 Å². The lowest BCUT2D eigenvalue weighted by Gasteiger charge is -2.04. The Morgan fingerprint density at radius 1 is 1.25 bits per heavy atom. The van der Waals surface area contributed by atoms with Crippen LogP contribution in [0.5, 0.6) is 0 Å². The van der Waals surface area contributed by atoms with E-state index in [2.05, 4.69) is 42.1 Å². The lowest BCUT2D eigenvalue weighted by atomic mass is 10.0. The van der Waals surface area contributed by atoms with E-state index in [0.717, 1.165) is 18.8 Å². The maximum Gasteiger partial charge on any atom is 0.153 e. The molecule has 0 saturated carbocycles. The van der Waals surface area contributed by atoms with Gasteiger partial charge in [0.25, 0.3) is 0 Å². The Hall–Kier alpha value is -1.18. The summed E-state index contributed by atoms with van der Waals surface area (Å²) in [6.45, 7) is 0. The van der Waals surface area contributed by atoms with Gasteiger partial charge in [-0.25, -0.2) is 4.39 Å². The second-order valence-electron chi connectivity index (χ2n) is 4.11. The number of benzene rings is 1. The number of nitrogens with two attached hydrogens (primary N) is 1. The van der Waals surface area contributed by atoms with Crippen molar-refractivity contribution in [3.05, 3.63) is 43.7 Å². The molecule has 0 aliphatic carbocycles. The van der Waals surface area contributed by atoms with E-state index in [4.69, 9.17) is 5.73 Å². The van der Waals surface area contributed by atoms with E-state index in [1.807, 2.05) is 12.1 Å². The van der Waals surface area contributed by atoms with Gasteiger partial charge in [-0.2, -0.15) is 5.10 Å². The highest BCUT2D eigenvalue weighted by Crippen LogP contribution is 2.43. The molecule has 1 aromatic carbocycles. The first-order valence-electron chi connectivity index (χ1n) is 5.61. The first kappa shape index (κ1) is 13.8. The van der Waals surface area contributed by atoms with E-state index in [1.165, 1.54) is 12.1 Å². The van der Waals surface area contributed by atoms with Gasteiger partial charge in [0.1, 0.15) is 5.82 Å². The van der Waals surface area contributed by atoms with Crippen LogP contribution in [0.2, 0.25) is 0 Å². The monoisotopic (exact) mass is 415 g/mol. The van der Waals surface area contributed by atoms with Gasteiger partial charge in [-0.1, -0.05) is 12.1 Å². The molecule has 2 heterocycles. The van der Waals surface area contributed by atoms with Crippen molar-refractivity contribution in [1.29, 1.82) is 0 Å². The van der Waals surface area contributed by atoms with Crippen LogP contribution in [-0.4, -0.2) is 10.2 Å². The SMILES string of the molecule is Nc1n[nH]c(-c2cc(Br)sc2Br)c1-c1cccc(F)c1. The van der Waals surface area contributed by atoms with E-state index in [9.17, 15) is 4.39 Å². The zero-order valence-electron chi connectivity index (χ0n) is 9.95. The van der Waals surface area contributed by atoms with Crippen LogP contribution >= 0.6 is 43.2 Å². The summed E-state index contributed by atoms with van der Waals surface area (Å²) in [5, 5.41) is 6.97. The third-order valence-electron chi connectivity index (χ3n) is 2.83. The van der Waals surface area contributed by atoms with Crippen molar-refractivity contribution in [1.82, 2.24) is 10.2 Å². The molecule has 2 aromatic heterocycles.